The number of hydrogen-bond acceptors (Lipinski definition) is 1. The van der Waals surface area contributed by atoms with Crippen LogP contribution in [0.1, 0.15) is 15.9 Å². The van der Waals surface area contributed by atoms with Crippen molar-refractivity contribution < 1.29 is 4.79 Å². The van der Waals surface area contributed by atoms with Crippen LogP contribution in [0.3, 0.4) is 0 Å². The summed E-state index contributed by atoms with van der Waals surface area (Å²) in [5, 5.41) is 0.451. The van der Waals surface area contributed by atoms with Crippen LogP contribution < -0.4 is 0 Å². The molecular formula is C15H10BrClO. The highest BCUT2D eigenvalue weighted by molar-refractivity contribution is 9.10. The van der Waals surface area contributed by atoms with Crippen LogP contribution in [0, 0.1) is 0 Å². The van der Waals surface area contributed by atoms with Crippen molar-refractivity contribution in [3.05, 3.63) is 75.2 Å². The molecule has 2 aromatic carbocycles. The molecule has 3 heteroatoms. The van der Waals surface area contributed by atoms with Gasteiger partial charge in [-0.15, -0.1) is 0 Å². The lowest BCUT2D eigenvalue weighted by Crippen LogP contribution is -1.95. The Hall–Kier alpha value is -1.38. The fraction of sp³-hybridized carbons (Fsp3) is 0. The Labute approximate surface area is 119 Å². The van der Waals surface area contributed by atoms with E-state index in [1.165, 1.54) is 6.08 Å². The molecule has 0 radical (unpaired) electrons. The molecule has 0 aliphatic rings. The monoisotopic (exact) mass is 320 g/mol. The fourth-order valence-corrected chi connectivity index (χ4v) is 2.28. The molecule has 0 bridgehead atoms. The largest absolute Gasteiger partial charge is 0.289 e. The Morgan fingerprint density at radius 3 is 2.50 bits per heavy atom. The van der Waals surface area contributed by atoms with Crippen LogP contribution >= 0.6 is 27.5 Å². The van der Waals surface area contributed by atoms with Crippen molar-refractivity contribution in [3.63, 3.8) is 0 Å². The van der Waals surface area contributed by atoms with E-state index in [9.17, 15) is 4.79 Å². The van der Waals surface area contributed by atoms with E-state index in [2.05, 4.69) is 15.9 Å². The molecule has 0 N–H and O–H groups in total. The molecule has 0 atom stereocenters. The molecule has 0 saturated carbocycles. The molecule has 0 amide bonds. The highest BCUT2D eigenvalue weighted by atomic mass is 79.9. The number of carbonyl (C=O) groups is 1. The van der Waals surface area contributed by atoms with Crippen molar-refractivity contribution in [2.24, 2.45) is 0 Å². The number of ketones is 1. The van der Waals surface area contributed by atoms with Gasteiger partial charge in [0.1, 0.15) is 0 Å². The van der Waals surface area contributed by atoms with E-state index in [-0.39, 0.29) is 5.78 Å². The maximum atomic E-state index is 12.0. The van der Waals surface area contributed by atoms with Crippen LogP contribution in [0.15, 0.2) is 59.1 Å². The molecule has 0 heterocycles. The standard InChI is InChI=1S/C15H10BrClO/c16-12-7-8-13(14(17)10-12)15(18)9-6-11-4-2-1-3-5-11/h1-10H. The smallest absolute Gasteiger partial charge is 0.187 e. The second kappa shape index (κ2) is 5.98. The predicted octanol–water partition coefficient (Wildman–Crippen LogP) is 5.00. The molecular weight excluding hydrogens is 312 g/mol. The molecule has 0 aliphatic carbocycles. The first-order valence-corrected chi connectivity index (χ1v) is 6.56. The first kappa shape index (κ1) is 13.1. The third kappa shape index (κ3) is 3.31. The van der Waals surface area contributed by atoms with Crippen molar-refractivity contribution in [3.8, 4) is 0 Å². The molecule has 90 valence electrons. The number of benzene rings is 2. The molecule has 0 aromatic heterocycles. The number of allylic oxidation sites excluding steroid dienone is 1. The van der Waals surface area contributed by atoms with Crippen molar-refractivity contribution in [1.82, 2.24) is 0 Å². The van der Waals surface area contributed by atoms with Gasteiger partial charge in [-0.1, -0.05) is 63.9 Å². The molecule has 0 spiro atoms. The Morgan fingerprint density at radius 1 is 1.11 bits per heavy atom. The van der Waals surface area contributed by atoms with Gasteiger partial charge in [0.15, 0.2) is 5.78 Å². The number of hydrogen-bond donors (Lipinski definition) is 0. The van der Waals surface area contributed by atoms with Crippen LogP contribution in [0.4, 0.5) is 0 Å². The SMILES string of the molecule is O=C(C=Cc1ccccc1)c1ccc(Br)cc1Cl. The zero-order valence-electron chi connectivity index (χ0n) is 9.44. The third-order valence-corrected chi connectivity index (χ3v) is 3.23. The van der Waals surface area contributed by atoms with E-state index in [1.54, 1.807) is 24.3 Å². The van der Waals surface area contributed by atoms with Crippen molar-refractivity contribution in [1.29, 1.82) is 0 Å². The van der Waals surface area contributed by atoms with E-state index in [1.807, 2.05) is 30.3 Å². The molecule has 0 aliphatic heterocycles. The number of rotatable bonds is 3. The molecule has 18 heavy (non-hydrogen) atoms. The highest BCUT2D eigenvalue weighted by Crippen LogP contribution is 2.22. The Balaban J connectivity index is 2.20. The predicted molar refractivity (Wildman–Crippen MR) is 79.0 cm³/mol. The summed E-state index contributed by atoms with van der Waals surface area (Å²) in [5.74, 6) is -0.101. The Kier molecular flexibility index (Phi) is 4.34. The second-order valence-corrected chi connectivity index (χ2v) is 5.06. The molecule has 2 rings (SSSR count). The molecule has 0 fully saturated rings. The van der Waals surface area contributed by atoms with Gasteiger partial charge in [0.2, 0.25) is 0 Å². The van der Waals surface area contributed by atoms with Gasteiger partial charge in [0, 0.05) is 10.0 Å². The molecule has 1 nitrogen and oxygen atoms in total. The van der Waals surface area contributed by atoms with E-state index in [4.69, 9.17) is 11.6 Å². The van der Waals surface area contributed by atoms with Gasteiger partial charge in [-0.25, -0.2) is 0 Å². The summed E-state index contributed by atoms with van der Waals surface area (Å²) >= 11 is 9.33. The van der Waals surface area contributed by atoms with E-state index in [0.717, 1.165) is 10.0 Å². The van der Waals surface area contributed by atoms with Gasteiger partial charge in [0.05, 0.1) is 5.02 Å². The minimum atomic E-state index is -0.101. The summed E-state index contributed by atoms with van der Waals surface area (Å²) in [4.78, 5) is 12.0. The zero-order chi connectivity index (χ0) is 13.0. The minimum Gasteiger partial charge on any atom is -0.289 e. The third-order valence-electron chi connectivity index (χ3n) is 2.42. The normalized spacial score (nSPS) is 10.8. The molecule has 0 unspecified atom stereocenters. The second-order valence-electron chi connectivity index (χ2n) is 3.73. The Bertz CT molecular complexity index is 591. The van der Waals surface area contributed by atoms with Gasteiger partial charge in [0.25, 0.3) is 0 Å². The van der Waals surface area contributed by atoms with Crippen LogP contribution in [0.2, 0.25) is 5.02 Å². The average molecular weight is 322 g/mol. The topological polar surface area (TPSA) is 17.1 Å². The maximum Gasteiger partial charge on any atom is 0.187 e. The number of halogens is 2. The van der Waals surface area contributed by atoms with Crippen LogP contribution in [-0.2, 0) is 0 Å². The van der Waals surface area contributed by atoms with E-state index < -0.39 is 0 Å². The fourth-order valence-electron chi connectivity index (χ4n) is 1.52. The van der Waals surface area contributed by atoms with Crippen molar-refractivity contribution in [2.75, 3.05) is 0 Å². The van der Waals surface area contributed by atoms with E-state index >= 15 is 0 Å². The lowest BCUT2D eigenvalue weighted by atomic mass is 10.1. The van der Waals surface area contributed by atoms with Gasteiger partial charge >= 0.3 is 0 Å². The quantitative estimate of drug-likeness (QED) is 0.574. The van der Waals surface area contributed by atoms with Gasteiger partial charge in [-0.05, 0) is 29.8 Å². The highest BCUT2D eigenvalue weighted by Gasteiger charge is 2.07. The average Bonchev–Trinajstić information content (AvgIpc) is 2.37. The zero-order valence-corrected chi connectivity index (χ0v) is 11.8. The first-order chi connectivity index (χ1) is 8.66. The Morgan fingerprint density at radius 2 is 1.83 bits per heavy atom. The van der Waals surface area contributed by atoms with E-state index in [0.29, 0.717) is 10.6 Å². The molecule has 2 aromatic rings. The lowest BCUT2D eigenvalue weighted by Gasteiger charge is -2.00. The lowest BCUT2D eigenvalue weighted by molar-refractivity contribution is 0.104. The minimum absolute atomic E-state index is 0.101. The summed E-state index contributed by atoms with van der Waals surface area (Å²) in [6.07, 6.45) is 3.31. The maximum absolute atomic E-state index is 12.0. The van der Waals surface area contributed by atoms with Crippen molar-refractivity contribution in [2.45, 2.75) is 0 Å². The summed E-state index contributed by atoms with van der Waals surface area (Å²) in [7, 11) is 0. The van der Waals surface area contributed by atoms with Crippen LogP contribution in [-0.4, -0.2) is 5.78 Å². The summed E-state index contributed by atoms with van der Waals surface area (Å²) in [6.45, 7) is 0. The van der Waals surface area contributed by atoms with Crippen LogP contribution in [0.5, 0.6) is 0 Å². The first-order valence-electron chi connectivity index (χ1n) is 5.39. The van der Waals surface area contributed by atoms with Gasteiger partial charge in [-0.2, -0.15) is 0 Å². The van der Waals surface area contributed by atoms with Crippen LogP contribution in [0.25, 0.3) is 6.08 Å². The number of carbonyl (C=O) groups excluding carboxylic acids is 1. The molecule has 0 saturated heterocycles. The van der Waals surface area contributed by atoms with Crippen molar-refractivity contribution >= 4 is 39.4 Å². The summed E-state index contributed by atoms with van der Waals surface area (Å²) in [6, 6.07) is 14.9. The summed E-state index contributed by atoms with van der Waals surface area (Å²) < 4.78 is 0.857. The van der Waals surface area contributed by atoms with Gasteiger partial charge in [-0.3, -0.25) is 4.79 Å². The van der Waals surface area contributed by atoms with Gasteiger partial charge < -0.3 is 0 Å². The summed E-state index contributed by atoms with van der Waals surface area (Å²) in [5.41, 5.74) is 1.49.